The summed E-state index contributed by atoms with van der Waals surface area (Å²) in [6.07, 6.45) is 0.386. The number of rotatable bonds is 6. The second-order valence-corrected chi connectivity index (χ2v) is 4.86. The van der Waals surface area contributed by atoms with Crippen LogP contribution < -0.4 is 11.1 Å². The van der Waals surface area contributed by atoms with E-state index in [-0.39, 0.29) is 18.3 Å². The minimum absolute atomic E-state index is 0. The Balaban J connectivity index is 0.00000361. The van der Waals surface area contributed by atoms with Crippen LogP contribution in [0.25, 0.3) is 0 Å². The van der Waals surface area contributed by atoms with E-state index in [0.29, 0.717) is 6.42 Å². The van der Waals surface area contributed by atoms with E-state index in [9.17, 15) is 9.59 Å². The molecular weight excluding hydrogens is 280 g/mol. The van der Waals surface area contributed by atoms with E-state index in [0.717, 1.165) is 5.56 Å². The van der Waals surface area contributed by atoms with E-state index in [1.165, 1.54) is 0 Å². The van der Waals surface area contributed by atoms with E-state index in [2.05, 4.69) is 5.32 Å². The van der Waals surface area contributed by atoms with Crippen LogP contribution in [-0.4, -0.2) is 29.1 Å². The first-order valence-electron chi connectivity index (χ1n) is 6.24. The molecule has 0 aromatic heterocycles. The van der Waals surface area contributed by atoms with Gasteiger partial charge in [-0.3, -0.25) is 4.79 Å². The van der Waals surface area contributed by atoms with Gasteiger partial charge >= 0.3 is 5.97 Å². The highest BCUT2D eigenvalue weighted by molar-refractivity contribution is 5.87. The number of amides is 1. The number of carboxylic acids is 1. The molecule has 0 unspecified atom stereocenters. The van der Waals surface area contributed by atoms with Crippen LogP contribution in [0.2, 0.25) is 0 Å². The molecule has 0 fully saturated rings. The van der Waals surface area contributed by atoms with Gasteiger partial charge in [-0.25, -0.2) is 4.79 Å². The van der Waals surface area contributed by atoms with Gasteiger partial charge in [0, 0.05) is 0 Å². The topological polar surface area (TPSA) is 92.4 Å². The molecule has 0 aliphatic rings. The van der Waals surface area contributed by atoms with Crippen molar-refractivity contribution in [3.63, 3.8) is 0 Å². The zero-order chi connectivity index (χ0) is 14.4. The summed E-state index contributed by atoms with van der Waals surface area (Å²) < 4.78 is 0. The largest absolute Gasteiger partial charge is 0.480 e. The molecule has 1 aromatic rings. The zero-order valence-corrected chi connectivity index (χ0v) is 12.4. The number of carbonyl (C=O) groups is 2. The zero-order valence-electron chi connectivity index (χ0n) is 11.6. The Morgan fingerprint density at radius 2 is 1.80 bits per heavy atom. The molecule has 112 valence electrons. The van der Waals surface area contributed by atoms with Crippen LogP contribution in [0.1, 0.15) is 19.4 Å². The quantitative estimate of drug-likeness (QED) is 0.736. The molecule has 0 saturated carbocycles. The first-order chi connectivity index (χ1) is 8.91. The van der Waals surface area contributed by atoms with Crippen molar-refractivity contribution >= 4 is 24.3 Å². The normalized spacial score (nSPS) is 13.2. The van der Waals surface area contributed by atoms with Crippen molar-refractivity contribution in [2.75, 3.05) is 0 Å². The third-order valence-electron chi connectivity index (χ3n) is 2.87. The molecule has 1 rings (SSSR count). The van der Waals surface area contributed by atoms with Gasteiger partial charge in [-0.05, 0) is 17.9 Å². The van der Waals surface area contributed by atoms with Gasteiger partial charge in [-0.1, -0.05) is 44.2 Å². The van der Waals surface area contributed by atoms with Crippen LogP contribution in [0.15, 0.2) is 30.3 Å². The number of benzene rings is 1. The third-order valence-corrected chi connectivity index (χ3v) is 2.87. The number of hydrogen-bond donors (Lipinski definition) is 3. The van der Waals surface area contributed by atoms with Gasteiger partial charge < -0.3 is 16.2 Å². The summed E-state index contributed by atoms with van der Waals surface area (Å²) in [5, 5.41) is 11.5. The second-order valence-electron chi connectivity index (χ2n) is 4.86. The molecule has 1 aromatic carbocycles. The Labute approximate surface area is 125 Å². The summed E-state index contributed by atoms with van der Waals surface area (Å²) in [5.74, 6) is -1.68. The van der Waals surface area contributed by atoms with Crippen molar-refractivity contribution in [3.05, 3.63) is 35.9 Å². The van der Waals surface area contributed by atoms with Gasteiger partial charge in [0.15, 0.2) is 0 Å². The van der Waals surface area contributed by atoms with E-state index in [4.69, 9.17) is 10.8 Å². The van der Waals surface area contributed by atoms with Crippen molar-refractivity contribution in [1.29, 1.82) is 0 Å². The number of aliphatic carboxylic acids is 1. The van der Waals surface area contributed by atoms with Gasteiger partial charge in [-0.2, -0.15) is 0 Å². The van der Waals surface area contributed by atoms with Gasteiger partial charge in [0.1, 0.15) is 6.04 Å². The molecule has 0 heterocycles. The Kier molecular flexibility index (Phi) is 7.87. The summed E-state index contributed by atoms with van der Waals surface area (Å²) in [7, 11) is 0. The smallest absolute Gasteiger partial charge is 0.326 e. The Hall–Kier alpha value is -1.59. The Morgan fingerprint density at radius 1 is 1.25 bits per heavy atom. The minimum Gasteiger partial charge on any atom is -0.480 e. The Bertz CT molecular complexity index is 437. The molecule has 4 N–H and O–H groups in total. The minimum atomic E-state index is -1.05. The average Bonchev–Trinajstić information content (AvgIpc) is 2.35. The number of carbonyl (C=O) groups excluding carboxylic acids is 1. The number of hydrogen-bond acceptors (Lipinski definition) is 3. The number of nitrogens with one attached hydrogen (secondary N) is 1. The standard InChI is InChI=1S/C14H20N2O3.ClH/c1-9(2)12(14(18)19)16-13(17)11(15)8-10-6-4-3-5-7-10;/h3-7,9,11-12H,8,15H2,1-2H3,(H,16,17)(H,18,19);1H/t11-,12-;/m0./s1. The molecule has 0 spiro atoms. The second kappa shape index (κ2) is 8.55. The highest BCUT2D eigenvalue weighted by Crippen LogP contribution is 2.05. The summed E-state index contributed by atoms with van der Waals surface area (Å²) in [5.41, 5.74) is 6.74. The van der Waals surface area contributed by atoms with Gasteiger partial charge in [0.25, 0.3) is 0 Å². The SMILES string of the molecule is CC(C)[C@H](NC(=O)[C@@H](N)Cc1ccccc1)C(=O)O.Cl. The fourth-order valence-corrected chi connectivity index (χ4v) is 1.73. The molecule has 2 atom stereocenters. The molecule has 20 heavy (non-hydrogen) atoms. The van der Waals surface area contributed by atoms with Crippen LogP contribution in [0.4, 0.5) is 0 Å². The molecule has 5 nitrogen and oxygen atoms in total. The molecule has 6 heteroatoms. The summed E-state index contributed by atoms with van der Waals surface area (Å²) in [6.45, 7) is 3.48. The monoisotopic (exact) mass is 300 g/mol. The molecule has 0 saturated heterocycles. The van der Waals surface area contributed by atoms with Crippen molar-refractivity contribution < 1.29 is 14.7 Å². The molecular formula is C14H21ClN2O3. The maximum Gasteiger partial charge on any atom is 0.326 e. The fraction of sp³-hybridized carbons (Fsp3) is 0.429. The molecule has 0 radical (unpaired) electrons. The van der Waals surface area contributed by atoms with E-state index in [1.807, 2.05) is 30.3 Å². The van der Waals surface area contributed by atoms with Crippen molar-refractivity contribution in [3.8, 4) is 0 Å². The maximum absolute atomic E-state index is 11.9. The van der Waals surface area contributed by atoms with Crippen LogP contribution in [0.3, 0.4) is 0 Å². The first kappa shape index (κ1) is 18.4. The van der Waals surface area contributed by atoms with Crippen LogP contribution in [0.5, 0.6) is 0 Å². The third kappa shape index (κ3) is 5.59. The Morgan fingerprint density at radius 3 is 2.25 bits per heavy atom. The highest BCUT2D eigenvalue weighted by Gasteiger charge is 2.25. The van der Waals surface area contributed by atoms with Crippen LogP contribution in [-0.2, 0) is 16.0 Å². The van der Waals surface area contributed by atoms with Crippen LogP contribution in [0, 0.1) is 5.92 Å². The van der Waals surface area contributed by atoms with Crippen LogP contribution >= 0.6 is 12.4 Å². The lowest BCUT2D eigenvalue weighted by Crippen LogP contribution is -2.51. The summed E-state index contributed by atoms with van der Waals surface area (Å²) >= 11 is 0. The first-order valence-corrected chi connectivity index (χ1v) is 6.24. The molecule has 0 aliphatic carbocycles. The lowest BCUT2D eigenvalue weighted by Gasteiger charge is -2.20. The van der Waals surface area contributed by atoms with Crippen molar-refractivity contribution in [2.45, 2.75) is 32.4 Å². The number of nitrogens with two attached hydrogens (primary N) is 1. The fourth-order valence-electron chi connectivity index (χ4n) is 1.73. The number of halogens is 1. The molecule has 1 amide bonds. The van der Waals surface area contributed by atoms with Gasteiger partial charge in [-0.15, -0.1) is 12.4 Å². The summed E-state index contributed by atoms with van der Waals surface area (Å²) in [6, 6.07) is 7.72. The number of carboxylic acid groups (broad SMARTS) is 1. The van der Waals surface area contributed by atoms with Gasteiger partial charge in [0.2, 0.25) is 5.91 Å². The molecule has 0 bridgehead atoms. The van der Waals surface area contributed by atoms with E-state index in [1.54, 1.807) is 13.8 Å². The summed E-state index contributed by atoms with van der Waals surface area (Å²) in [4.78, 5) is 22.9. The lowest BCUT2D eigenvalue weighted by molar-refractivity contribution is -0.143. The van der Waals surface area contributed by atoms with Crippen molar-refractivity contribution in [2.24, 2.45) is 11.7 Å². The van der Waals surface area contributed by atoms with Gasteiger partial charge in [0.05, 0.1) is 6.04 Å². The average molecular weight is 301 g/mol. The van der Waals surface area contributed by atoms with E-state index < -0.39 is 24.0 Å². The lowest BCUT2D eigenvalue weighted by atomic mass is 10.0. The van der Waals surface area contributed by atoms with Crippen molar-refractivity contribution in [1.82, 2.24) is 5.32 Å². The predicted molar refractivity (Wildman–Crippen MR) is 79.8 cm³/mol. The maximum atomic E-state index is 11.9. The predicted octanol–water partition coefficient (Wildman–Crippen LogP) is 1.20. The van der Waals surface area contributed by atoms with E-state index >= 15 is 0 Å². The molecule has 0 aliphatic heterocycles. The highest BCUT2D eigenvalue weighted by atomic mass is 35.5.